The highest BCUT2D eigenvalue weighted by molar-refractivity contribution is 5.82. The summed E-state index contributed by atoms with van der Waals surface area (Å²) in [6.07, 6.45) is -0.0238. The van der Waals surface area contributed by atoms with Gasteiger partial charge in [-0.3, -0.25) is 4.79 Å². The number of anilines is 1. The standard InChI is InChI=1S/C12H15N3O4/c1-18-9-5-7-8(6-10(9)19-2)15(12(13)14-7)4-3-11(16)17/h5-6H,3-4H2,1-2H3,(H2,13,14)(H,16,17). The third-order valence-electron chi connectivity index (χ3n) is 2.83. The average molecular weight is 265 g/mol. The number of nitrogens with zero attached hydrogens (tertiary/aromatic N) is 2. The van der Waals surface area contributed by atoms with Crippen LogP contribution in [-0.4, -0.2) is 34.8 Å². The number of nitrogen functional groups attached to an aromatic ring is 1. The second-order valence-corrected chi connectivity index (χ2v) is 3.96. The van der Waals surface area contributed by atoms with Crippen molar-refractivity contribution in [2.24, 2.45) is 0 Å². The maximum absolute atomic E-state index is 10.6. The van der Waals surface area contributed by atoms with Crippen molar-refractivity contribution in [3.05, 3.63) is 12.1 Å². The molecule has 19 heavy (non-hydrogen) atoms. The lowest BCUT2D eigenvalue weighted by atomic mass is 10.2. The van der Waals surface area contributed by atoms with Crippen LogP contribution in [0.3, 0.4) is 0 Å². The predicted molar refractivity (Wildman–Crippen MR) is 69.5 cm³/mol. The van der Waals surface area contributed by atoms with Gasteiger partial charge >= 0.3 is 5.97 Å². The molecule has 7 heteroatoms. The Morgan fingerprint density at radius 1 is 1.37 bits per heavy atom. The van der Waals surface area contributed by atoms with Gasteiger partial charge in [0.1, 0.15) is 0 Å². The van der Waals surface area contributed by atoms with Gasteiger partial charge in [-0.1, -0.05) is 0 Å². The molecule has 2 rings (SSSR count). The molecular formula is C12H15N3O4. The second-order valence-electron chi connectivity index (χ2n) is 3.96. The normalized spacial score (nSPS) is 10.6. The van der Waals surface area contributed by atoms with E-state index in [1.807, 2.05) is 0 Å². The smallest absolute Gasteiger partial charge is 0.305 e. The topological polar surface area (TPSA) is 99.6 Å². The number of imidazole rings is 1. The first-order valence-electron chi connectivity index (χ1n) is 5.66. The fourth-order valence-corrected chi connectivity index (χ4v) is 1.91. The van der Waals surface area contributed by atoms with Crippen LogP contribution in [0, 0.1) is 0 Å². The number of ether oxygens (including phenoxy) is 2. The molecule has 0 radical (unpaired) electrons. The van der Waals surface area contributed by atoms with E-state index in [2.05, 4.69) is 4.98 Å². The number of aliphatic carboxylic acids is 1. The molecule has 0 fully saturated rings. The summed E-state index contributed by atoms with van der Waals surface area (Å²) in [6, 6.07) is 3.45. The van der Waals surface area contributed by atoms with E-state index < -0.39 is 5.97 Å². The second kappa shape index (κ2) is 5.05. The first-order chi connectivity index (χ1) is 9.06. The van der Waals surface area contributed by atoms with Crippen molar-refractivity contribution < 1.29 is 19.4 Å². The van der Waals surface area contributed by atoms with E-state index in [9.17, 15) is 4.79 Å². The Morgan fingerprint density at radius 3 is 2.58 bits per heavy atom. The van der Waals surface area contributed by atoms with Gasteiger partial charge in [0.05, 0.1) is 31.7 Å². The van der Waals surface area contributed by atoms with Crippen LogP contribution in [-0.2, 0) is 11.3 Å². The molecule has 1 heterocycles. The number of carboxylic acid groups (broad SMARTS) is 1. The Balaban J connectivity index is 2.52. The molecule has 1 aromatic heterocycles. The summed E-state index contributed by atoms with van der Waals surface area (Å²) < 4.78 is 12.0. The zero-order valence-corrected chi connectivity index (χ0v) is 10.7. The van der Waals surface area contributed by atoms with Gasteiger partial charge in [0.25, 0.3) is 0 Å². The fraction of sp³-hybridized carbons (Fsp3) is 0.333. The Kier molecular flexibility index (Phi) is 3.46. The number of aromatic nitrogens is 2. The quantitative estimate of drug-likeness (QED) is 0.840. The molecule has 3 N–H and O–H groups in total. The van der Waals surface area contributed by atoms with E-state index in [-0.39, 0.29) is 18.9 Å². The lowest BCUT2D eigenvalue weighted by Crippen LogP contribution is -2.07. The van der Waals surface area contributed by atoms with Gasteiger partial charge in [0, 0.05) is 18.7 Å². The number of methoxy groups -OCH3 is 2. The van der Waals surface area contributed by atoms with Gasteiger partial charge in [-0.05, 0) is 0 Å². The van der Waals surface area contributed by atoms with E-state index in [0.717, 1.165) is 5.52 Å². The van der Waals surface area contributed by atoms with E-state index in [1.54, 1.807) is 16.7 Å². The van der Waals surface area contributed by atoms with Crippen LogP contribution in [0.1, 0.15) is 6.42 Å². The summed E-state index contributed by atoms with van der Waals surface area (Å²) >= 11 is 0. The summed E-state index contributed by atoms with van der Waals surface area (Å²) in [7, 11) is 3.07. The highest BCUT2D eigenvalue weighted by Crippen LogP contribution is 2.32. The number of rotatable bonds is 5. The first-order valence-corrected chi connectivity index (χ1v) is 5.66. The largest absolute Gasteiger partial charge is 0.493 e. The summed E-state index contributed by atoms with van der Waals surface area (Å²) in [5.41, 5.74) is 7.16. The average Bonchev–Trinajstić information content (AvgIpc) is 2.69. The molecule has 0 amide bonds. The first kappa shape index (κ1) is 13.0. The third-order valence-corrected chi connectivity index (χ3v) is 2.83. The van der Waals surface area contributed by atoms with Gasteiger partial charge in [0.15, 0.2) is 11.5 Å². The SMILES string of the molecule is COc1cc2nc(N)n(CCC(=O)O)c2cc1OC. The van der Waals surface area contributed by atoms with Crippen molar-refractivity contribution >= 4 is 23.0 Å². The Hall–Kier alpha value is -2.44. The van der Waals surface area contributed by atoms with Crippen molar-refractivity contribution in [3.8, 4) is 11.5 Å². The van der Waals surface area contributed by atoms with Crippen molar-refractivity contribution in [3.63, 3.8) is 0 Å². The van der Waals surface area contributed by atoms with Gasteiger partial charge in [0.2, 0.25) is 5.95 Å². The number of carboxylic acids is 1. The van der Waals surface area contributed by atoms with Crippen molar-refractivity contribution in [2.75, 3.05) is 20.0 Å². The number of hydrogen-bond donors (Lipinski definition) is 2. The van der Waals surface area contributed by atoms with Crippen LogP contribution in [0.15, 0.2) is 12.1 Å². The molecule has 0 aliphatic heterocycles. The third kappa shape index (κ3) is 2.40. The minimum absolute atomic E-state index is 0.0238. The molecule has 0 aliphatic rings. The molecule has 0 atom stereocenters. The number of aryl methyl sites for hydroxylation is 1. The van der Waals surface area contributed by atoms with Crippen LogP contribution in [0.2, 0.25) is 0 Å². The molecule has 102 valence electrons. The van der Waals surface area contributed by atoms with Crippen LogP contribution in [0.4, 0.5) is 5.95 Å². The molecule has 0 aliphatic carbocycles. The molecule has 2 aromatic rings. The van der Waals surface area contributed by atoms with Crippen molar-refractivity contribution in [2.45, 2.75) is 13.0 Å². The molecule has 0 unspecified atom stereocenters. The maximum atomic E-state index is 10.6. The summed E-state index contributed by atoms with van der Waals surface area (Å²) in [4.78, 5) is 14.8. The van der Waals surface area contributed by atoms with Gasteiger partial charge in [-0.2, -0.15) is 0 Å². The van der Waals surface area contributed by atoms with Gasteiger partial charge < -0.3 is 24.9 Å². The molecule has 0 saturated heterocycles. The number of nitrogens with two attached hydrogens (primary N) is 1. The van der Waals surface area contributed by atoms with Gasteiger partial charge in [-0.15, -0.1) is 0 Å². The van der Waals surface area contributed by atoms with Crippen molar-refractivity contribution in [1.82, 2.24) is 9.55 Å². The zero-order valence-electron chi connectivity index (χ0n) is 10.7. The molecule has 0 bridgehead atoms. The Morgan fingerprint density at radius 2 is 2.00 bits per heavy atom. The van der Waals surface area contributed by atoms with E-state index in [0.29, 0.717) is 17.0 Å². The predicted octanol–water partition coefficient (Wildman–Crippen LogP) is 1.11. The molecule has 7 nitrogen and oxygen atoms in total. The maximum Gasteiger partial charge on any atom is 0.305 e. The van der Waals surface area contributed by atoms with E-state index in [1.165, 1.54) is 14.2 Å². The summed E-state index contributed by atoms with van der Waals surface area (Å²) in [6.45, 7) is 0.257. The molecule has 1 aromatic carbocycles. The number of fused-ring (bicyclic) bond motifs is 1. The minimum atomic E-state index is -0.887. The van der Waals surface area contributed by atoms with Crippen LogP contribution in [0.5, 0.6) is 11.5 Å². The zero-order chi connectivity index (χ0) is 14.0. The molecule has 0 saturated carbocycles. The highest BCUT2D eigenvalue weighted by Gasteiger charge is 2.14. The number of hydrogen-bond acceptors (Lipinski definition) is 5. The number of carbonyl (C=O) groups is 1. The lowest BCUT2D eigenvalue weighted by molar-refractivity contribution is -0.137. The minimum Gasteiger partial charge on any atom is -0.493 e. The van der Waals surface area contributed by atoms with Crippen molar-refractivity contribution in [1.29, 1.82) is 0 Å². The summed E-state index contributed by atoms with van der Waals surface area (Å²) in [5, 5.41) is 8.74. The van der Waals surface area contributed by atoms with Crippen LogP contribution < -0.4 is 15.2 Å². The van der Waals surface area contributed by atoms with Crippen LogP contribution in [0.25, 0.3) is 11.0 Å². The Bertz CT molecular complexity index is 621. The number of benzene rings is 1. The fourth-order valence-electron chi connectivity index (χ4n) is 1.91. The van der Waals surface area contributed by atoms with Gasteiger partial charge in [-0.25, -0.2) is 4.98 Å². The highest BCUT2D eigenvalue weighted by atomic mass is 16.5. The molecular weight excluding hydrogens is 250 g/mol. The van der Waals surface area contributed by atoms with E-state index in [4.69, 9.17) is 20.3 Å². The monoisotopic (exact) mass is 265 g/mol. The molecule has 0 spiro atoms. The van der Waals surface area contributed by atoms with E-state index >= 15 is 0 Å². The van der Waals surface area contributed by atoms with Crippen LogP contribution >= 0.6 is 0 Å². The summed E-state index contributed by atoms with van der Waals surface area (Å²) in [5.74, 6) is 0.484. The Labute approximate surface area is 109 Å². The lowest BCUT2D eigenvalue weighted by Gasteiger charge is -2.08.